The molecule has 4 aromatic carbocycles. The number of hydrogen-bond acceptors (Lipinski definition) is 2. The fourth-order valence-electron chi connectivity index (χ4n) is 3.57. The Hall–Kier alpha value is -3.23. The summed E-state index contributed by atoms with van der Waals surface area (Å²) in [6.07, 6.45) is -0.474. The van der Waals surface area contributed by atoms with Crippen LogP contribution in [0.3, 0.4) is 0 Å². The Kier molecular flexibility index (Phi) is 3.84. The van der Waals surface area contributed by atoms with Crippen molar-refractivity contribution in [2.24, 2.45) is 0 Å². The van der Waals surface area contributed by atoms with E-state index in [4.69, 9.17) is 4.74 Å². The lowest BCUT2D eigenvalue weighted by atomic mass is 9.98. The summed E-state index contributed by atoms with van der Waals surface area (Å²) in [6.45, 7) is 0. The minimum Gasteiger partial charge on any atom is -0.356 e. The zero-order chi connectivity index (χ0) is 18.2. The highest BCUT2D eigenvalue weighted by atomic mass is 16.6. The molecule has 1 aliphatic rings. The third kappa shape index (κ3) is 3.05. The molecule has 2 heteroatoms. The van der Waals surface area contributed by atoms with Gasteiger partial charge in [-0.05, 0) is 33.5 Å². The van der Waals surface area contributed by atoms with Crippen LogP contribution in [0.25, 0.3) is 21.9 Å². The van der Waals surface area contributed by atoms with Gasteiger partial charge in [0.1, 0.15) is 6.10 Å². The third-order valence-electron chi connectivity index (χ3n) is 5.13. The van der Waals surface area contributed by atoms with Gasteiger partial charge in [-0.3, -0.25) is 4.79 Å². The van der Waals surface area contributed by atoms with Crippen molar-refractivity contribution in [1.82, 2.24) is 0 Å². The minimum atomic E-state index is -0.362. The monoisotopic (exact) mass is 350 g/mol. The van der Waals surface area contributed by atoms with E-state index in [1.54, 1.807) is 0 Å². The summed E-state index contributed by atoms with van der Waals surface area (Å²) >= 11 is 0. The normalized spacial score (nSPS) is 18.4. The topological polar surface area (TPSA) is 29.6 Å². The molecule has 1 aliphatic heterocycles. The zero-order valence-electron chi connectivity index (χ0n) is 14.7. The summed E-state index contributed by atoms with van der Waals surface area (Å²) in [5.41, 5.74) is 4.01. The molecule has 1 fully saturated rings. The Morgan fingerprint density at radius 3 is 2.11 bits per heavy atom. The maximum Gasteiger partial charge on any atom is 0.194 e. The van der Waals surface area contributed by atoms with Crippen molar-refractivity contribution >= 4 is 16.6 Å². The average Bonchev–Trinajstić information content (AvgIpc) is 3.55. The van der Waals surface area contributed by atoms with Gasteiger partial charge in [0.15, 0.2) is 11.9 Å². The first-order chi connectivity index (χ1) is 13.3. The number of ketones is 1. The number of hydrogen-bond donors (Lipinski definition) is 0. The molecule has 0 saturated carbocycles. The molecule has 0 unspecified atom stereocenters. The summed E-state index contributed by atoms with van der Waals surface area (Å²) < 4.78 is 5.63. The Bertz CT molecular complexity index is 1110. The molecule has 1 saturated heterocycles. The van der Waals surface area contributed by atoms with Crippen molar-refractivity contribution < 1.29 is 9.53 Å². The first-order valence-electron chi connectivity index (χ1n) is 9.13. The Morgan fingerprint density at radius 1 is 0.667 bits per heavy atom. The lowest BCUT2D eigenvalue weighted by Crippen LogP contribution is -2.08. The van der Waals surface area contributed by atoms with Gasteiger partial charge in [0, 0.05) is 5.56 Å². The van der Waals surface area contributed by atoms with Crippen LogP contribution in [0.15, 0.2) is 97.1 Å². The molecule has 0 radical (unpaired) electrons. The van der Waals surface area contributed by atoms with Gasteiger partial charge in [-0.2, -0.15) is 0 Å². The van der Waals surface area contributed by atoms with Gasteiger partial charge in [0.2, 0.25) is 0 Å². The molecular weight excluding hydrogens is 332 g/mol. The lowest BCUT2D eigenvalue weighted by molar-refractivity contribution is 0.0953. The Morgan fingerprint density at radius 2 is 1.33 bits per heavy atom. The van der Waals surface area contributed by atoms with Crippen LogP contribution in [0.1, 0.15) is 22.0 Å². The highest BCUT2D eigenvalue weighted by Crippen LogP contribution is 2.40. The van der Waals surface area contributed by atoms with Crippen molar-refractivity contribution in [2.75, 3.05) is 0 Å². The molecule has 4 aromatic rings. The summed E-state index contributed by atoms with van der Waals surface area (Å²) in [5.74, 6) is 0.0499. The van der Waals surface area contributed by atoms with E-state index in [2.05, 4.69) is 30.3 Å². The van der Waals surface area contributed by atoms with Crippen LogP contribution < -0.4 is 0 Å². The summed E-state index contributed by atoms with van der Waals surface area (Å²) in [6, 6.07) is 32.5. The highest BCUT2D eigenvalue weighted by molar-refractivity contribution is 6.01. The quantitative estimate of drug-likeness (QED) is 0.342. The van der Waals surface area contributed by atoms with Crippen molar-refractivity contribution in [3.05, 3.63) is 108 Å². The van der Waals surface area contributed by atoms with Gasteiger partial charge >= 0.3 is 0 Å². The van der Waals surface area contributed by atoms with E-state index in [-0.39, 0.29) is 18.0 Å². The largest absolute Gasteiger partial charge is 0.356 e. The second kappa shape index (κ2) is 6.49. The van der Waals surface area contributed by atoms with E-state index in [0.717, 1.165) is 16.7 Å². The van der Waals surface area contributed by atoms with Crippen LogP contribution in [0.2, 0.25) is 0 Å². The van der Waals surface area contributed by atoms with Gasteiger partial charge in [-0.1, -0.05) is 91.0 Å². The zero-order valence-corrected chi connectivity index (χ0v) is 14.7. The molecule has 0 aliphatic carbocycles. The second-order valence-electron chi connectivity index (χ2n) is 6.89. The fourth-order valence-corrected chi connectivity index (χ4v) is 3.57. The van der Waals surface area contributed by atoms with Crippen LogP contribution in [0.4, 0.5) is 0 Å². The highest BCUT2D eigenvalue weighted by Gasteiger charge is 2.45. The van der Waals surface area contributed by atoms with E-state index in [1.165, 1.54) is 10.8 Å². The number of carbonyl (C=O) groups is 1. The Balaban J connectivity index is 1.36. The first kappa shape index (κ1) is 16.0. The predicted molar refractivity (Wildman–Crippen MR) is 108 cm³/mol. The number of rotatable bonds is 4. The number of Topliss-reactive ketones (excluding diaryl/α,β-unsaturated/α-hetero) is 1. The molecule has 5 rings (SSSR count). The van der Waals surface area contributed by atoms with E-state index in [0.29, 0.717) is 5.56 Å². The van der Waals surface area contributed by atoms with Gasteiger partial charge in [0.05, 0.1) is 0 Å². The number of ether oxygens (including phenoxy) is 1. The van der Waals surface area contributed by atoms with E-state index >= 15 is 0 Å². The lowest BCUT2D eigenvalue weighted by Gasteiger charge is -2.05. The molecule has 0 amide bonds. The molecule has 0 N–H and O–H groups in total. The molecule has 0 spiro atoms. The van der Waals surface area contributed by atoms with E-state index in [1.807, 2.05) is 66.7 Å². The van der Waals surface area contributed by atoms with Crippen LogP contribution >= 0.6 is 0 Å². The van der Waals surface area contributed by atoms with Gasteiger partial charge in [-0.25, -0.2) is 0 Å². The molecule has 2 atom stereocenters. The third-order valence-corrected chi connectivity index (χ3v) is 5.13. The van der Waals surface area contributed by atoms with Crippen molar-refractivity contribution in [2.45, 2.75) is 12.2 Å². The van der Waals surface area contributed by atoms with Crippen LogP contribution in [-0.4, -0.2) is 11.9 Å². The maximum atomic E-state index is 12.7. The molecule has 27 heavy (non-hydrogen) atoms. The molecule has 130 valence electrons. The Labute approximate surface area is 158 Å². The number of benzene rings is 4. The van der Waals surface area contributed by atoms with Crippen molar-refractivity contribution in [3.8, 4) is 11.1 Å². The summed E-state index contributed by atoms with van der Waals surface area (Å²) in [4.78, 5) is 12.7. The van der Waals surface area contributed by atoms with E-state index < -0.39 is 0 Å². The van der Waals surface area contributed by atoms with Crippen LogP contribution in [-0.2, 0) is 4.74 Å². The number of fused-ring (bicyclic) bond motifs is 1. The van der Waals surface area contributed by atoms with Crippen molar-refractivity contribution in [1.29, 1.82) is 0 Å². The van der Waals surface area contributed by atoms with Crippen LogP contribution in [0, 0.1) is 0 Å². The van der Waals surface area contributed by atoms with E-state index in [9.17, 15) is 4.79 Å². The van der Waals surface area contributed by atoms with Gasteiger partial charge in [0.25, 0.3) is 0 Å². The summed E-state index contributed by atoms with van der Waals surface area (Å²) in [7, 11) is 0. The molecule has 0 aromatic heterocycles. The predicted octanol–water partition coefficient (Wildman–Crippen LogP) is 5.83. The van der Waals surface area contributed by atoms with Gasteiger partial charge < -0.3 is 4.74 Å². The smallest absolute Gasteiger partial charge is 0.194 e. The second-order valence-corrected chi connectivity index (χ2v) is 6.89. The number of carbonyl (C=O) groups excluding carboxylic acids is 1. The standard InChI is InChI=1S/C25H18O2/c26-23(25-24(27-25)20-7-2-1-3-8-20)19-13-10-18(11-14-19)22-15-12-17-6-4-5-9-21(17)16-22/h1-16,24-25H/t24-,25-/m0/s1. The molecule has 1 heterocycles. The first-order valence-corrected chi connectivity index (χ1v) is 9.13. The van der Waals surface area contributed by atoms with Crippen molar-refractivity contribution in [3.63, 3.8) is 0 Å². The number of epoxide rings is 1. The molecule has 2 nitrogen and oxygen atoms in total. The molecule has 0 bridgehead atoms. The van der Waals surface area contributed by atoms with Gasteiger partial charge in [-0.15, -0.1) is 0 Å². The summed E-state index contributed by atoms with van der Waals surface area (Å²) in [5, 5.41) is 2.44. The fraction of sp³-hybridized carbons (Fsp3) is 0.0800. The average molecular weight is 350 g/mol. The minimum absolute atomic E-state index is 0.0499. The molecular formula is C25H18O2. The maximum absolute atomic E-state index is 12.7. The van der Waals surface area contributed by atoms with Crippen LogP contribution in [0.5, 0.6) is 0 Å². The SMILES string of the molecule is O=C(c1ccc(-c2ccc3ccccc3c2)cc1)[C@@H]1O[C@H]1c1ccccc1.